The number of aromatic nitrogens is 1. The van der Waals surface area contributed by atoms with Crippen molar-refractivity contribution in [1.82, 2.24) is 10.3 Å². The lowest BCUT2D eigenvalue weighted by atomic mass is 10.1. The molecule has 0 aliphatic carbocycles. The number of benzene rings is 2. The van der Waals surface area contributed by atoms with E-state index in [0.29, 0.717) is 17.9 Å². The molecule has 0 aliphatic heterocycles. The quantitative estimate of drug-likeness (QED) is 0.620. The second kappa shape index (κ2) is 9.04. The largest absolute Gasteiger partial charge is 0.491 e. The van der Waals surface area contributed by atoms with Gasteiger partial charge in [0.15, 0.2) is 0 Å². The molecule has 0 aliphatic rings. The summed E-state index contributed by atoms with van der Waals surface area (Å²) in [6.07, 6.45) is 1.72. The van der Waals surface area contributed by atoms with Gasteiger partial charge in [0.05, 0.1) is 11.7 Å². The molecule has 28 heavy (non-hydrogen) atoms. The Balaban J connectivity index is 1.56. The molecule has 0 saturated carbocycles. The summed E-state index contributed by atoms with van der Waals surface area (Å²) in [5.74, 6) is 1.36. The highest BCUT2D eigenvalue weighted by Crippen LogP contribution is 2.20. The molecular formula is C23H25N3O2. The van der Waals surface area contributed by atoms with Crippen molar-refractivity contribution >= 4 is 17.4 Å². The molecule has 3 rings (SSSR count). The molecule has 0 atom stereocenters. The molecule has 3 aromatic rings. The van der Waals surface area contributed by atoms with Gasteiger partial charge in [-0.05, 0) is 62.7 Å². The molecule has 0 bridgehead atoms. The van der Waals surface area contributed by atoms with Crippen molar-refractivity contribution in [1.29, 1.82) is 0 Å². The van der Waals surface area contributed by atoms with Crippen molar-refractivity contribution in [3.8, 4) is 5.75 Å². The zero-order valence-electron chi connectivity index (χ0n) is 16.4. The normalized spacial score (nSPS) is 10.6. The minimum absolute atomic E-state index is 0.143. The van der Waals surface area contributed by atoms with E-state index in [2.05, 4.69) is 21.7 Å². The van der Waals surface area contributed by atoms with Crippen LogP contribution >= 0.6 is 0 Å². The molecule has 0 fully saturated rings. The highest BCUT2D eigenvalue weighted by Gasteiger charge is 2.07. The van der Waals surface area contributed by atoms with Gasteiger partial charge in [0.2, 0.25) is 0 Å². The number of carbonyl (C=O) groups is 1. The van der Waals surface area contributed by atoms with Gasteiger partial charge >= 0.3 is 0 Å². The number of rotatable bonds is 7. The number of pyridine rings is 1. The second-order valence-corrected chi connectivity index (χ2v) is 6.92. The molecule has 2 aromatic carbocycles. The zero-order chi connectivity index (χ0) is 19.9. The summed E-state index contributed by atoms with van der Waals surface area (Å²) in [7, 11) is 0. The van der Waals surface area contributed by atoms with Crippen molar-refractivity contribution in [2.45, 2.75) is 33.4 Å². The molecule has 1 amide bonds. The first-order chi connectivity index (χ1) is 13.5. The lowest BCUT2D eigenvalue weighted by molar-refractivity contribution is 0.0950. The van der Waals surface area contributed by atoms with Gasteiger partial charge in [-0.25, -0.2) is 4.98 Å². The Bertz CT molecular complexity index is 919. The fourth-order valence-electron chi connectivity index (χ4n) is 2.75. The maximum absolute atomic E-state index is 12.3. The number of nitrogens with zero attached hydrogens (tertiary/aromatic N) is 1. The van der Waals surface area contributed by atoms with E-state index in [9.17, 15) is 4.79 Å². The van der Waals surface area contributed by atoms with Crippen LogP contribution in [0.15, 0.2) is 66.9 Å². The van der Waals surface area contributed by atoms with E-state index >= 15 is 0 Å². The molecule has 1 aromatic heterocycles. The monoisotopic (exact) mass is 375 g/mol. The Hall–Kier alpha value is -3.34. The molecule has 1 heterocycles. The van der Waals surface area contributed by atoms with E-state index in [1.807, 2.05) is 63.2 Å². The predicted molar refractivity (Wildman–Crippen MR) is 112 cm³/mol. The van der Waals surface area contributed by atoms with Crippen molar-refractivity contribution in [2.75, 3.05) is 5.32 Å². The van der Waals surface area contributed by atoms with Gasteiger partial charge in [-0.3, -0.25) is 4.79 Å². The average molecular weight is 375 g/mol. The van der Waals surface area contributed by atoms with Crippen LogP contribution in [-0.2, 0) is 6.54 Å². The molecular weight excluding hydrogens is 350 g/mol. The highest BCUT2D eigenvalue weighted by atomic mass is 16.5. The Kier molecular flexibility index (Phi) is 6.27. The number of nitrogens with one attached hydrogen (secondary N) is 2. The molecule has 144 valence electrons. The third-order valence-corrected chi connectivity index (χ3v) is 4.06. The van der Waals surface area contributed by atoms with Gasteiger partial charge in [0, 0.05) is 18.4 Å². The van der Waals surface area contributed by atoms with Crippen molar-refractivity contribution in [3.05, 3.63) is 83.6 Å². The number of aryl methyl sites for hydroxylation is 1. The zero-order valence-corrected chi connectivity index (χ0v) is 16.4. The van der Waals surface area contributed by atoms with Crippen LogP contribution in [0.4, 0.5) is 11.5 Å². The Morgan fingerprint density at radius 3 is 2.50 bits per heavy atom. The summed E-state index contributed by atoms with van der Waals surface area (Å²) in [5, 5.41) is 6.14. The van der Waals surface area contributed by atoms with Gasteiger partial charge in [0.1, 0.15) is 11.6 Å². The number of hydrogen-bond donors (Lipinski definition) is 2. The van der Waals surface area contributed by atoms with Crippen LogP contribution in [0.25, 0.3) is 0 Å². The number of anilines is 2. The molecule has 5 nitrogen and oxygen atoms in total. The van der Waals surface area contributed by atoms with Crippen LogP contribution < -0.4 is 15.4 Å². The van der Waals surface area contributed by atoms with Crippen LogP contribution in [0, 0.1) is 6.92 Å². The Labute approximate surface area is 165 Å². The second-order valence-electron chi connectivity index (χ2n) is 6.92. The van der Waals surface area contributed by atoms with E-state index < -0.39 is 0 Å². The van der Waals surface area contributed by atoms with E-state index in [-0.39, 0.29) is 12.0 Å². The number of amides is 1. The lowest BCUT2D eigenvalue weighted by Crippen LogP contribution is -2.22. The van der Waals surface area contributed by atoms with Crippen LogP contribution in [0.5, 0.6) is 5.75 Å². The summed E-state index contributed by atoms with van der Waals surface area (Å²) >= 11 is 0. The summed E-state index contributed by atoms with van der Waals surface area (Å²) < 4.78 is 5.64. The van der Waals surface area contributed by atoms with Crippen LogP contribution in [-0.4, -0.2) is 17.0 Å². The molecule has 0 unspecified atom stereocenters. The summed E-state index contributed by atoms with van der Waals surface area (Å²) in [6.45, 7) is 6.51. The molecule has 0 radical (unpaired) electrons. The SMILES string of the molecule is Cc1cccc(CNC(=O)c2ccc(Nc3ccc(OC(C)C)cc3)nc2)c1. The van der Waals surface area contributed by atoms with Gasteiger partial charge in [-0.2, -0.15) is 0 Å². The van der Waals surface area contributed by atoms with E-state index in [0.717, 1.165) is 17.0 Å². The van der Waals surface area contributed by atoms with Crippen molar-refractivity contribution < 1.29 is 9.53 Å². The summed E-state index contributed by atoms with van der Waals surface area (Å²) in [6, 6.07) is 19.3. The third kappa shape index (κ3) is 5.58. The number of ether oxygens (including phenoxy) is 1. The Morgan fingerprint density at radius 1 is 1.07 bits per heavy atom. The standard InChI is InChI=1S/C23H25N3O2/c1-16(2)28-21-10-8-20(9-11-21)26-22-12-7-19(15-24-22)23(27)25-14-18-6-4-5-17(3)13-18/h4-13,15-16H,14H2,1-3H3,(H,24,26)(H,25,27). The van der Waals surface area contributed by atoms with Crippen LogP contribution in [0.1, 0.15) is 35.3 Å². The molecule has 2 N–H and O–H groups in total. The first-order valence-electron chi connectivity index (χ1n) is 9.33. The number of carbonyl (C=O) groups excluding carboxylic acids is 1. The van der Waals surface area contributed by atoms with Crippen molar-refractivity contribution in [2.24, 2.45) is 0 Å². The maximum atomic E-state index is 12.3. The smallest absolute Gasteiger partial charge is 0.253 e. The molecule has 5 heteroatoms. The topological polar surface area (TPSA) is 63.2 Å². The van der Waals surface area contributed by atoms with E-state index in [4.69, 9.17) is 4.74 Å². The highest BCUT2D eigenvalue weighted by molar-refractivity contribution is 5.94. The predicted octanol–water partition coefficient (Wildman–Crippen LogP) is 4.85. The van der Waals surface area contributed by atoms with Crippen LogP contribution in [0.2, 0.25) is 0 Å². The van der Waals surface area contributed by atoms with Gasteiger partial charge in [-0.1, -0.05) is 29.8 Å². The van der Waals surface area contributed by atoms with E-state index in [1.165, 1.54) is 5.56 Å². The maximum Gasteiger partial charge on any atom is 0.253 e. The first kappa shape index (κ1) is 19.4. The fraction of sp³-hybridized carbons (Fsp3) is 0.217. The Morgan fingerprint density at radius 2 is 1.86 bits per heavy atom. The summed E-state index contributed by atoms with van der Waals surface area (Å²) in [4.78, 5) is 16.6. The lowest BCUT2D eigenvalue weighted by Gasteiger charge is -2.11. The number of hydrogen-bond acceptors (Lipinski definition) is 4. The van der Waals surface area contributed by atoms with Gasteiger partial charge in [-0.15, -0.1) is 0 Å². The first-order valence-corrected chi connectivity index (χ1v) is 9.33. The molecule has 0 spiro atoms. The average Bonchev–Trinajstić information content (AvgIpc) is 2.68. The van der Waals surface area contributed by atoms with Gasteiger partial charge < -0.3 is 15.4 Å². The molecule has 0 saturated heterocycles. The third-order valence-electron chi connectivity index (χ3n) is 4.06. The van der Waals surface area contributed by atoms with Crippen molar-refractivity contribution in [3.63, 3.8) is 0 Å². The minimum Gasteiger partial charge on any atom is -0.491 e. The summed E-state index contributed by atoms with van der Waals surface area (Å²) in [5.41, 5.74) is 3.68. The minimum atomic E-state index is -0.143. The van der Waals surface area contributed by atoms with Gasteiger partial charge in [0.25, 0.3) is 5.91 Å². The fourth-order valence-corrected chi connectivity index (χ4v) is 2.75. The van der Waals surface area contributed by atoms with Crippen LogP contribution in [0.3, 0.4) is 0 Å². The van der Waals surface area contributed by atoms with E-state index in [1.54, 1.807) is 18.3 Å².